The van der Waals surface area contributed by atoms with Crippen molar-refractivity contribution in [1.82, 2.24) is 5.32 Å². The van der Waals surface area contributed by atoms with Crippen molar-refractivity contribution in [2.75, 3.05) is 19.3 Å². The fraction of sp³-hybridized carbons (Fsp3) is 1.00. The normalized spacial score (nSPS) is 36.1. The SMILES string of the molecule is C[C@H]1CNC[C@H](OS(C)(=O)=O)[C@H]1O. The van der Waals surface area contributed by atoms with Crippen molar-refractivity contribution in [2.24, 2.45) is 5.92 Å². The van der Waals surface area contributed by atoms with E-state index < -0.39 is 22.3 Å². The summed E-state index contributed by atoms with van der Waals surface area (Å²) in [6.45, 7) is 2.90. The quantitative estimate of drug-likeness (QED) is 0.566. The van der Waals surface area contributed by atoms with Gasteiger partial charge in [0.25, 0.3) is 10.1 Å². The highest BCUT2D eigenvalue weighted by molar-refractivity contribution is 7.86. The van der Waals surface area contributed by atoms with Crippen molar-refractivity contribution < 1.29 is 17.7 Å². The second-order valence-corrected chi connectivity index (χ2v) is 5.07. The van der Waals surface area contributed by atoms with Crippen LogP contribution in [-0.2, 0) is 14.3 Å². The van der Waals surface area contributed by atoms with E-state index in [1.54, 1.807) is 0 Å². The minimum atomic E-state index is -3.48. The van der Waals surface area contributed by atoms with Crippen LogP contribution in [0.15, 0.2) is 0 Å². The van der Waals surface area contributed by atoms with Gasteiger partial charge in [-0.05, 0) is 5.92 Å². The summed E-state index contributed by atoms with van der Waals surface area (Å²) < 4.78 is 26.3. The number of piperidine rings is 1. The van der Waals surface area contributed by atoms with Gasteiger partial charge >= 0.3 is 0 Å². The van der Waals surface area contributed by atoms with Crippen molar-refractivity contribution in [2.45, 2.75) is 19.1 Å². The van der Waals surface area contributed by atoms with Gasteiger partial charge in [-0.15, -0.1) is 0 Å². The highest BCUT2D eigenvalue weighted by atomic mass is 32.2. The monoisotopic (exact) mass is 209 g/mol. The summed E-state index contributed by atoms with van der Waals surface area (Å²) >= 11 is 0. The van der Waals surface area contributed by atoms with Gasteiger partial charge in [-0.3, -0.25) is 4.18 Å². The predicted molar refractivity (Wildman–Crippen MR) is 47.8 cm³/mol. The van der Waals surface area contributed by atoms with Crippen LogP contribution in [0, 0.1) is 5.92 Å². The lowest BCUT2D eigenvalue weighted by Gasteiger charge is -2.32. The maximum Gasteiger partial charge on any atom is 0.264 e. The van der Waals surface area contributed by atoms with E-state index in [0.717, 1.165) is 6.26 Å². The Bertz CT molecular complexity index is 264. The van der Waals surface area contributed by atoms with Crippen molar-refractivity contribution in [3.63, 3.8) is 0 Å². The standard InChI is InChI=1S/C7H15NO4S/c1-5-3-8-4-6(7(5)9)12-13(2,10)11/h5-9H,3-4H2,1-2H3/t5-,6-,7-/m0/s1. The Balaban J connectivity index is 2.59. The van der Waals surface area contributed by atoms with Gasteiger partial charge in [-0.2, -0.15) is 8.42 Å². The van der Waals surface area contributed by atoms with Gasteiger partial charge < -0.3 is 10.4 Å². The summed E-state index contributed by atoms with van der Waals surface area (Å²) in [4.78, 5) is 0. The van der Waals surface area contributed by atoms with E-state index in [1.165, 1.54) is 0 Å². The first-order chi connectivity index (χ1) is 5.90. The van der Waals surface area contributed by atoms with Crippen molar-refractivity contribution in [1.29, 1.82) is 0 Å². The number of aliphatic hydroxyl groups excluding tert-OH is 1. The van der Waals surface area contributed by atoms with E-state index in [9.17, 15) is 13.5 Å². The molecule has 0 aliphatic carbocycles. The van der Waals surface area contributed by atoms with Gasteiger partial charge in [0.05, 0.1) is 12.4 Å². The lowest BCUT2D eigenvalue weighted by molar-refractivity contribution is -0.0124. The molecule has 1 fully saturated rings. The maximum atomic E-state index is 10.8. The van der Waals surface area contributed by atoms with Crippen LogP contribution in [0.4, 0.5) is 0 Å². The Morgan fingerprint density at radius 3 is 2.62 bits per heavy atom. The third kappa shape index (κ3) is 3.22. The molecule has 0 unspecified atom stereocenters. The average Bonchev–Trinajstić information content (AvgIpc) is 1.96. The summed E-state index contributed by atoms with van der Waals surface area (Å²) in [6, 6.07) is 0. The third-order valence-corrected chi connectivity index (χ3v) is 2.67. The molecule has 0 aromatic rings. The molecule has 1 aliphatic rings. The molecule has 1 aliphatic heterocycles. The minimum absolute atomic E-state index is 0.0144. The zero-order chi connectivity index (χ0) is 10.1. The van der Waals surface area contributed by atoms with Crippen LogP contribution in [0.2, 0.25) is 0 Å². The molecule has 1 rings (SSSR count). The molecule has 0 aromatic carbocycles. The highest BCUT2D eigenvalue weighted by Crippen LogP contribution is 2.15. The second-order valence-electron chi connectivity index (χ2n) is 3.46. The van der Waals surface area contributed by atoms with E-state index in [2.05, 4.69) is 5.32 Å². The van der Waals surface area contributed by atoms with Crippen molar-refractivity contribution in [3.8, 4) is 0 Å². The Morgan fingerprint density at radius 1 is 1.46 bits per heavy atom. The number of nitrogens with one attached hydrogen (secondary N) is 1. The van der Waals surface area contributed by atoms with Crippen LogP contribution in [0.25, 0.3) is 0 Å². The van der Waals surface area contributed by atoms with Crippen LogP contribution in [0.1, 0.15) is 6.92 Å². The van der Waals surface area contributed by atoms with Gasteiger partial charge in [0.2, 0.25) is 0 Å². The number of aliphatic hydroxyl groups is 1. The molecule has 2 N–H and O–H groups in total. The highest BCUT2D eigenvalue weighted by Gasteiger charge is 2.31. The van der Waals surface area contributed by atoms with Crippen LogP contribution >= 0.6 is 0 Å². The molecule has 0 aromatic heterocycles. The fourth-order valence-corrected chi connectivity index (χ4v) is 2.01. The van der Waals surface area contributed by atoms with Gasteiger partial charge in [0.15, 0.2) is 0 Å². The Morgan fingerprint density at radius 2 is 2.08 bits per heavy atom. The zero-order valence-electron chi connectivity index (χ0n) is 7.73. The number of hydrogen-bond donors (Lipinski definition) is 2. The molecule has 0 bridgehead atoms. The van der Waals surface area contributed by atoms with Crippen LogP contribution in [0.5, 0.6) is 0 Å². The number of hydrogen-bond acceptors (Lipinski definition) is 5. The number of rotatable bonds is 2. The van der Waals surface area contributed by atoms with E-state index in [0.29, 0.717) is 13.1 Å². The molecule has 0 saturated carbocycles. The molecule has 0 radical (unpaired) electrons. The van der Waals surface area contributed by atoms with Crippen LogP contribution < -0.4 is 5.32 Å². The Hall–Kier alpha value is -0.170. The lowest BCUT2D eigenvalue weighted by atomic mass is 9.96. The molecular weight excluding hydrogens is 194 g/mol. The van der Waals surface area contributed by atoms with Gasteiger partial charge in [-0.1, -0.05) is 6.92 Å². The Kier molecular flexibility index (Phi) is 3.28. The summed E-state index contributed by atoms with van der Waals surface area (Å²) in [6.07, 6.45) is -0.381. The van der Waals surface area contributed by atoms with Crippen LogP contribution in [-0.4, -0.2) is 45.1 Å². The molecule has 13 heavy (non-hydrogen) atoms. The molecule has 3 atom stereocenters. The van der Waals surface area contributed by atoms with Gasteiger partial charge in [0, 0.05) is 13.1 Å². The Labute approximate surface area is 78.2 Å². The summed E-state index contributed by atoms with van der Waals surface area (Å²) in [5.74, 6) is 0.0144. The third-order valence-electron chi connectivity index (χ3n) is 2.07. The topological polar surface area (TPSA) is 75.6 Å². The smallest absolute Gasteiger partial charge is 0.264 e. The molecule has 5 nitrogen and oxygen atoms in total. The lowest BCUT2D eigenvalue weighted by Crippen LogP contribution is -2.51. The first kappa shape index (κ1) is 10.9. The van der Waals surface area contributed by atoms with Crippen molar-refractivity contribution >= 4 is 10.1 Å². The largest absolute Gasteiger partial charge is 0.390 e. The zero-order valence-corrected chi connectivity index (χ0v) is 8.54. The molecule has 0 amide bonds. The molecular formula is C7H15NO4S. The molecule has 1 heterocycles. The molecule has 1 saturated heterocycles. The average molecular weight is 209 g/mol. The summed E-state index contributed by atoms with van der Waals surface area (Å²) in [7, 11) is -3.48. The van der Waals surface area contributed by atoms with E-state index in [1.807, 2.05) is 6.92 Å². The second kappa shape index (κ2) is 3.91. The maximum absolute atomic E-state index is 10.8. The first-order valence-electron chi connectivity index (χ1n) is 4.17. The molecule has 78 valence electrons. The molecule has 0 spiro atoms. The van der Waals surface area contributed by atoms with E-state index >= 15 is 0 Å². The van der Waals surface area contributed by atoms with E-state index in [-0.39, 0.29) is 5.92 Å². The summed E-state index contributed by atoms with van der Waals surface area (Å²) in [5.41, 5.74) is 0. The van der Waals surface area contributed by atoms with Crippen LogP contribution in [0.3, 0.4) is 0 Å². The first-order valence-corrected chi connectivity index (χ1v) is 5.99. The van der Waals surface area contributed by atoms with E-state index in [4.69, 9.17) is 4.18 Å². The predicted octanol–water partition coefficient (Wildman–Crippen LogP) is -1.07. The van der Waals surface area contributed by atoms with Gasteiger partial charge in [0.1, 0.15) is 6.10 Å². The molecule has 6 heteroatoms. The summed E-state index contributed by atoms with van der Waals surface area (Å²) in [5, 5.41) is 12.6. The van der Waals surface area contributed by atoms with Crippen molar-refractivity contribution in [3.05, 3.63) is 0 Å². The fourth-order valence-electron chi connectivity index (χ4n) is 1.38. The van der Waals surface area contributed by atoms with Gasteiger partial charge in [-0.25, -0.2) is 0 Å². The minimum Gasteiger partial charge on any atom is -0.390 e.